The van der Waals surface area contributed by atoms with Crippen LogP contribution in [-0.4, -0.2) is 60.1 Å². The zero-order chi connectivity index (χ0) is 26.1. The number of esters is 1. The van der Waals surface area contributed by atoms with Crippen molar-refractivity contribution in [3.8, 4) is 0 Å². The van der Waals surface area contributed by atoms with Crippen molar-refractivity contribution in [3.63, 3.8) is 0 Å². The lowest BCUT2D eigenvalue weighted by Crippen LogP contribution is -2.50. The van der Waals surface area contributed by atoms with Gasteiger partial charge in [0.1, 0.15) is 18.2 Å². The molecule has 0 bridgehead atoms. The largest absolute Gasteiger partial charge is 0.466 e. The summed E-state index contributed by atoms with van der Waals surface area (Å²) in [6.07, 6.45) is -0.693. The summed E-state index contributed by atoms with van der Waals surface area (Å²) in [5.74, 6) is -1.27. The first-order valence-electron chi connectivity index (χ1n) is 11.6. The lowest BCUT2D eigenvalue weighted by molar-refractivity contribution is -0.144. The summed E-state index contributed by atoms with van der Waals surface area (Å²) in [6.45, 7) is 14.3. The molecule has 0 aliphatic rings. The molecular weight excluding hydrogens is 438 g/mol. The maximum absolute atomic E-state index is 13.4. The molecule has 0 saturated heterocycles. The third-order valence-electron chi connectivity index (χ3n) is 5.03. The van der Waals surface area contributed by atoms with Crippen LogP contribution in [0.1, 0.15) is 70.7 Å². The highest BCUT2D eigenvalue weighted by molar-refractivity contribution is 5.91. The summed E-state index contributed by atoms with van der Waals surface area (Å²) >= 11 is 0. The fraction of sp³-hybridized carbons (Fsp3) is 0.600. The van der Waals surface area contributed by atoms with Crippen LogP contribution in [0.2, 0.25) is 0 Å². The van der Waals surface area contributed by atoms with Gasteiger partial charge in [-0.25, -0.2) is 4.79 Å². The Morgan fingerprint density at radius 2 is 1.71 bits per heavy atom. The summed E-state index contributed by atoms with van der Waals surface area (Å²) < 4.78 is 10.1. The van der Waals surface area contributed by atoms with E-state index >= 15 is 0 Å². The van der Waals surface area contributed by atoms with E-state index in [1.807, 2.05) is 32.0 Å². The van der Waals surface area contributed by atoms with Crippen LogP contribution in [0.5, 0.6) is 0 Å². The number of carbonyl (C=O) groups excluding carboxylic acids is 4. The maximum Gasteiger partial charge on any atom is 0.408 e. The van der Waals surface area contributed by atoms with Gasteiger partial charge in [0.15, 0.2) is 0 Å². The van der Waals surface area contributed by atoms with Gasteiger partial charge in [0.25, 0.3) is 0 Å². The second-order valence-electron chi connectivity index (χ2n) is 9.29. The molecule has 0 heterocycles. The molecule has 0 aliphatic heterocycles. The highest BCUT2D eigenvalue weighted by Gasteiger charge is 2.34. The fourth-order valence-corrected chi connectivity index (χ4v) is 3.39. The molecular formula is C25H39N3O6. The first kappa shape index (κ1) is 28.9. The molecule has 1 aromatic carbocycles. The van der Waals surface area contributed by atoms with Gasteiger partial charge in [-0.1, -0.05) is 18.2 Å². The van der Waals surface area contributed by atoms with Crippen molar-refractivity contribution in [2.75, 3.05) is 19.7 Å². The van der Waals surface area contributed by atoms with Crippen LogP contribution in [0.25, 0.3) is 0 Å². The average Bonchev–Trinajstić information content (AvgIpc) is 2.71. The van der Waals surface area contributed by atoms with E-state index in [4.69, 9.17) is 9.47 Å². The van der Waals surface area contributed by atoms with Crippen LogP contribution in [0.4, 0.5) is 4.79 Å². The van der Waals surface area contributed by atoms with Crippen molar-refractivity contribution in [3.05, 3.63) is 34.9 Å². The van der Waals surface area contributed by atoms with Crippen LogP contribution in [-0.2, 0) is 23.9 Å². The Labute approximate surface area is 202 Å². The molecule has 1 unspecified atom stereocenters. The Bertz CT molecular complexity index is 876. The second kappa shape index (κ2) is 13.0. The lowest BCUT2D eigenvalue weighted by atomic mass is 9.94. The van der Waals surface area contributed by atoms with E-state index in [0.717, 1.165) is 11.1 Å². The van der Waals surface area contributed by atoms with Crippen LogP contribution >= 0.6 is 0 Å². The monoisotopic (exact) mass is 477 g/mol. The minimum atomic E-state index is -0.949. The molecule has 2 N–H and O–H groups in total. The first-order valence-corrected chi connectivity index (χ1v) is 11.6. The number of nitrogens with zero attached hydrogens (tertiary/aromatic N) is 1. The number of ether oxygens (including phenoxy) is 2. The molecule has 0 fully saturated rings. The summed E-state index contributed by atoms with van der Waals surface area (Å²) in [7, 11) is 0. The third-order valence-corrected chi connectivity index (χ3v) is 5.03. The van der Waals surface area contributed by atoms with E-state index in [1.54, 1.807) is 41.5 Å². The second-order valence-corrected chi connectivity index (χ2v) is 9.29. The number of carbonyl (C=O) groups is 4. The summed E-state index contributed by atoms with van der Waals surface area (Å²) in [5, 5.41) is 5.23. The molecule has 1 rings (SSSR count). The van der Waals surface area contributed by atoms with Gasteiger partial charge in [-0.2, -0.15) is 0 Å². The maximum atomic E-state index is 13.4. The van der Waals surface area contributed by atoms with Gasteiger partial charge in [-0.05, 0) is 72.1 Å². The number of hydrogen-bond acceptors (Lipinski definition) is 6. The number of alkyl carbamates (subject to hydrolysis) is 1. The molecule has 0 aliphatic carbocycles. The fourth-order valence-electron chi connectivity index (χ4n) is 3.39. The van der Waals surface area contributed by atoms with E-state index in [2.05, 4.69) is 10.6 Å². The number of nitrogens with one attached hydrogen (secondary N) is 2. The van der Waals surface area contributed by atoms with Crippen molar-refractivity contribution in [2.24, 2.45) is 0 Å². The van der Waals surface area contributed by atoms with E-state index < -0.39 is 35.5 Å². The average molecular weight is 478 g/mol. The van der Waals surface area contributed by atoms with Crippen molar-refractivity contribution < 1.29 is 28.7 Å². The van der Waals surface area contributed by atoms with Crippen LogP contribution < -0.4 is 10.6 Å². The standard InChI is InChI=1S/C25H39N3O6/c1-9-33-21(30)13-14-26-23(31)22(19-12-10-11-17(4)18(19)5)28(16(2)3)20(29)15-27-24(32)34-25(6,7)8/h10-12,16,22H,9,13-15H2,1-8H3,(H,26,31)(H,27,32). The Kier molecular flexibility index (Phi) is 11.0. The van der Waals surface area contributed by atoms with Gasteiger partial charge in [0.05, 0.1) is 13.0 Å². The van der Waals surface area contributed by atoms with Gasteiger partial charge in [-0.3, -0.25) is 14.4 Å². The molecule has 1 atom stereocenters. The molecule has 1 aromatic rings. The summed E-state index contributed by atoms with van der Waals surface area (Å²) in [4.78, 5) is 51.8. The predicted octanol–water partition coefficient (Wildman–Crippen LogP) is 3.18. The number of hydrogen-bond donors (Lipinski definition) is 2. The minimum absolute atomic E-state index is 0.0227. The van der Waals surface area contributed by atoms with Crippen LogP contribution in [0.15, 0.2) is 18.2 Å². The van der Waals surface area contributed by atoms with E-state index in [0.29, 0.717) is 5.56 Å². The molecule has 190 valence electrons. The number of amides is 3. The first-order chi connectivity index (χ1) is 15.8. The van der Waals surface area contributed by atoms with Gasteiger partial charge in [0, 0.05) is 12.6 Å². The van der Waals surface area contributed by atoms with Gasteiger partial charge < -0.3 is 25.0 Å². The van der Waals surface area contributed by atoms with Crippen molar-refractivity contribution in [1.82, 2.24) is 15.5 Å². The van der Waals surface area contributed by atoms with Crippen LogP contribution in [0, 0.1) is 13.8 Å². The van der Waals surface area contributed by atoms with Gasteiger partial charge in [-0.15, -0.1) is 0 Å². The topological polar surface area (TPSA) is 114 Å². The van der Waals surface area contributed by atoms with Crippen molar-refractivity contribution in [2.45, 2.75) is 79.5 Å². The number of benzene rings is 1. The SMILES string of the molecule is CCOC(=O)CCNC(=O)C(c1cccc(C)c1C)N(C(=O)CNC(=O)OC(C)(C)C)C(C)C. The normalized spacial score (nSPS) is 12.0. The summed E-state index contributed by atoms with van der Waals surface area (Å²) in [6, 6.07) is 4.27. The molecule has 0 radical (unpaired) electrons. The molecule has 3 amide bonds. The summed E-state index contributed by atoms with van der Waals surface area (Å²) in [5.41, 5.74) is 1.83. The zero-order valence-corrected chi connectivity index (χ0v) is 21.6. The third kappa shape index (κ3) is 9.03. The van der Waals surface area contributed by atoms with E-state index in [9.17, 15) is 19.2 Å². The molecule has 0 spiro atoms. The lowest BCUT2D eigenvalue weighted by Gasteiger charge is -2.35. The number of rotatable bonds is 10. The molecule has 34 heavy (non-hydrogen) atoms. The van der Waals surface area contributed by atoms with E-state index in [-0.39, 0.29) is 32.2 Å². The molecule has 9 nitrogen and oxygen atoms in total. The Balaban J connectivity index is 3.18. The molecule has 0 aromatic heterocycles. The Morgan fingerprint density at radius 3 is 2.26 bits per heavy atom. The Hall–Kier alpha value is -3.10. The molecule has 9 heteroatoms. The van der Waals surface area contributed by atoms with Crippen LogP contribution in [0.3, 0.4) is 0 Å². The quantitative estimate of drug-likeness (QED) is 0.501. The van der Waals surface area contributed by atoms with Crippen molar-refractivity contribution in [1.29, 1.82) is 0 Å². The smallest absolute Gasteiger partial charge is 0.408 e. The number of aryl methyl sites for hydroxylation is 1. The Morgan fingerprint density at radius 1 is 1.06 bits per heavy atom. The molecule has 0 saturated carbocycles. The highest BCUT2D eigenvalue weighted by atomic mass is 16.6. The van der Waals surface area contributed by atoms with Crippen molar-refractivity contribution >= 4 is 23.9 Å². The van der Waals surface area contributed by atoms with Gasteiger partial charge >= 0.3 is 12.1 Å². The zero-order valence-electron chi connectivity index (χ0n) is 21.6. The van der Waals surface area contributed by atoms with E-state index in [1.165, 1.54) is 4.90 Å². The van der Waals surface area contributed by atoms with Gasteiger partial charge in [0.2, 0.25) is 11.8 Å². The highest BCUT2D eigenvalue weighted by Crippen LogP contribution is 2.28. The minimum Gasteiger partial charge on any atom is -0.466 e. The predicted molar refractivity (Wildman–Crippen MR) is 129 cm³/mol.